The lowest BCUT2D eigenvalue weighted by atomic mass is 9.95. The number of benzene rings is 7. The van der Waals surface area contributed by atoms with Crippen LogP contribution in [0.2, 0.25) is 0 Å². The van der Waals surface area contributed by atoms with Crippen LogP contribution in [-0.4, -0.2) is 19.1 Å². The van der Waals surface area contributed by atoms with Crippen LogP contribution in [0.3, 0.4) is 0 Å². The topological polar surface area (TPSA) is 35.6 Å². The van der Waals surface area contributed by atoms with Gasteiger partial charge >= 0.3 is 0 Å². The summed E-state index contributed by atoms with van der Waals surface area (Å²) in [6, 6.07) is 64.9. The average Bonchev–Trinajstić information content (AvgIpc) is 3.75. The maximum atomic E-state index is 5.20. The van der Waals surface area contributed by atoms with Gasteiger partial charge in [0.25, 0.3) is 0 Å². The second kappa shape index (κ2) is 12.6. The van der Waals surface area contributed by atoms with E-state index in [-0.39, 0.29) is 0 Å². The number of nitrogens with zero attached hydrogens (tertiary/aromatic N) is 4. The van der Waals surface area contributed by atoms with Crippen LogP contribution in [0.5, 0.6) is 0 Å². The highest BCUT2D eigenvalue weighted by atomic mass is 15.1. The Morgan fingerprint density at radius 3 is 1.81 bits per heavy atom. The first-order chi connectivity index (χ1) is 26.2. The summed E-state index contributed by atoms with van der Waals surface area (Å²) in [5.41, 5.74) is 15.5. The molecule has 0 saturated heterocycles. The van der Waals surface area contributed by atoms with Gasteiger partial charge < -0.3 is 9.13 Å². The number of fused-ring (bicyclic) bond motifs is 4. The Morgan fingerprint density at radius 1 is 0.434 bits per heavy atom. The van der Waals surface area contributed by atoms with E-state index in [2.05, 4.69) is 186 Å². The summed E-state index contributed by atoms with van der Waals surface area (Å²) in [5.74, 6) is 0.928. The van der Waals surface area contributed by atoms with Crippen molar-refractivity contribution >= 4 is 32.8 Å². The van der Waals surface area contributed by atoms with Crippen molar-refractivity contribution in [1.29, 1.82) is 0 Å². The number of hydrogen-bond donors (Lipinski definition) is 0. The summed E-state index contributed by atoms with van der Waals surface area (Å²) in [5, 5.41) is 2.40. The lowest BCUT2D eigenvalue weighted by Gasteiger charge is -2.17. The van der Waals surface area contributed by atoms with E-state index in [1.165, 1.54) is 27.5 Å². The van der Waals surface area contributed by atoms with Gasteiger partial charge in [0.2, 0.25) is 0 Å². The van der Waals surface area contributed by atoms with E-state index >= 15 is 0 Å². The Labute approximate surface area is 307 Å². The molecule has 0 saturated carbocycles. The molecule has 0 spiro atoms. The highest BCUT2D eigenvalue weighted by Gasteiger charge is 2.23. The lowest BCUT2D eigenvalue weighted by molar-refractivity contribution is 0.959. The van der Waals surface area contributed by atoms with Crippen molar-refractivity contribution in [3.63, 3.8) is 0 Å². The van der Waals surface area contributed by atoms with E-state index in [0.717, 1.165) is 67.1 Å². The normalized spacial score (nSPS) is 11.5. The molecule has 0 atom stereocenters. The molecule has 0 unspecified atom stereocenters. The monoisotopic (exact) mass is 678 g/mol. The van der Waals surface area contributed by atoms with Gasteiger partial charge in [0.1, 0.15) is 5.82 Å². The molecule has 250 valence electrons. The third-order valence-electron chi connectivity index (χ3n) is 10.4. The summed E-state index contributed by atoms with van der Waals surface area (Å²) in [6.45, 7) is 0. The van der Waals surface area contributed by atoms with Crippen LogP contribution >= 0.6 is 0 Å². The molecular formula is C49H34N4. The summed E-state index contributed by atoms with van der Waals surface area (Å²) in [7, 11) is 2.11. The molecule has 4 heteroatoms. The van der Waals surface area contributed by atoms with Crippen molar-refractivity contribution in [2.24, 2.45) is 7.05 Å². The van der Waals surface area contributed by atoms with Gasteiger partial charge in [0.05, 0.1) is 33.4 Å². The molecule has 4 nitrogen and oxygen atoms in total. The molecule has 0 aliphatic rings. The van der Waals surface area contributed by atoms with Crippen molar-refractivity contribution < 1.29 is 0 Å². The van der Waals surface area contributed by atoms with Gasteiger partial charge in [-0.05, 0) is 82.4 Å². The van der Waals surface area contributed by atoms with Crippen LogP contribution in [0.15, 0.2) is 188 Å². The zero-order valence-corrected chi connectivity index (χ0v) is 29.2. The van der Waals surface area contributed by atoms with Gasteiger partial charge in [0.15, 0.2) is 0 Å². The van der Waals surface area contributed by atoms with Crippen molar-refractivity contribution in [2.75, 3.05) is 0 Å². The lowest BCUT2D eigenvalue weighted by Crippen LogP contribution is -2.00. The first kappa shape index (κ1) is 30.8. The predicted octanol–water partition coefficient (Wildman–Crippen LogP) is 12.4. The van der Waals surface area contributed by atoms with E-state index < -0.39 is 0 Å². The summed E-state index contributed by atoms with van der Waals surface area (Å²) in [6.07, 6.45) is 1.86. The third kappa shape index (κ3) is 5.23. The summed E-state index contributed by atoms with van der Waals surface area (Å²) in [4.78, 5) is 9.96. The Bertz CT molecular complexity index is 2920. The van der Waals surface area contributed by atoms with Gasteiger partial charge in [0, 0.05) is 40.7 Å². The van der Waals surface area contributed by atoms with Crippen LogP contribution in [0.25, 0.3) is 94.6 Å². The largest absolute Gasteiger partial charge is 0.327 e. The van der Waals surface area contributed by atoms with E-state index in [1.807, 2.05) is 18.3 Å². The Kier molecular flexibility index (Phi) is 7.33. The second-order valence-corrected chi connectivity index (χ2v) is 13.5. The quantitative estimate of drug-likeness (QED) is 0.175. The number of aromatic nitrogens is 4. The van der Waals surface area contributed by atoms with Crippen molar-refractivity contribution in [3.05, 3.63) is 188 Å². The molecule has 53 heavy (non-hydrogen) atoms. The summed E-state index contributed by atoms with van der Waals surface area (Å²) >= 11 is 0. The smallest absolute Gasteiger partial charge is 0.140 e. The number of aryl methyl sites for hydroxylation is 1. The van der Waals surface area contributed by atoms with Crippen molar-refractivity contribution in [2.45, 2.75) is 0 Å². The SMILES string of the molecule is Cn1c(-c2cc(-c3ccccc3)c3c4cc(-c5ccccc5)ccc4n(-c4cc(-c5ccccn5)ccc4-c4ccccc4)c3c2)nc2ccccc21. The highest BCUT2D eigenvalue weighted by Crippen LogP contribution is 2.44. The van der Waals surface area contributed by atoms with E-state index in [1.54, 1.807) is 0 Å². The third-order valence-corrected chi connectivity index (χ3v) is 10.4. The fourth-order valence-corrected chi connectivity index (χ4v) is 7.87. The fraction of sp³-hybridized carbons (Fsp3) is 0.0204. The molecule has 0 bridgehead atoms. The molecule has 10 rings (SSSR count). The molecule has 0 N–H and O–H groups in total. The molecule has 3 heterocycles. The van der Waals surface area contributed by atoms with Crippen LogP contribution in [-0.2, 0) is 7.05 Å². The molecule has 0 aliphatic heterocycles. The first-order valence-electron chi connectivity index (χ1n) is 18.0. The fourth-order valence-electron chi connectivity index (χ4n) is 7.87. The van der Waals surface area contributed by atoms with Crippen LogP contribution in [0, 0.1) is 0 Å². The molecule has 0 amide bonds. The molecule has 0 fully saturated rings. The van der Waals surface area contributed by atoms with Gasteiger partial charge in [-0.15, -0.1) is 0 Å². The van der Waals surface area contributed by atoms with Gasteiger partial charge in [-0.25, -0.2) is 4.98 Å². The first-order valence-corrected chi connectivity index (χ1v) is 18.0. The molecular weight excluding hydrogens is 645 g/mol. The zero-order chi connectivity index (χ0) is 35.3. The van der Waals surface area contributed by atoms with Crippen LogP contribution in [0.4, 0.5) is 0 Å². The molecule has 7 aromatic carbocycles. The van der Waals surface area contributed by atoms with Crippen LogP contribution in [0.1, 0.15) is 0 Å². The number of hydrogen-bond acceptors (Lipinski definition) is 2. The standard InChI is InChI=1S/C49H34N4/c1-52-45-23-12-11-22-43(45)51-49(52)38-30-40(35-19-9-4-10-20-35)48-41-29-36(33-15-5-2-6-16-33)25-27-44(41)53(47(48)32-38)46-31-37(42-21-13-14-28-50-42)24-26-39(46)34-17-7-3-8-18-34/h2-32H,1H3. The van der Waals surface area contributed by atoms with Gasteiger partial charge in [-0.1, -0.05) is 127 Å². The summed E-state index contributed by atoms with van der Waals surface area (Å²) < 4.78 is 4.68. The Hall–Kier alpha value is -7.04. The van der Waals surface area contributed by atoms with E-state index in [4.69, 9.17) is 9.97 Å². The molecule has 0 radical (unpaired) electrons. The zero-order valence-electron chi connectivity index (χ0n) is 29.2. The number of pyridine rings is 1. The molecule has 10 aromatic rings. The highest BCUT2D eigenvalue weighted by molar-refractivity contribution is 6.18. The van der Waals surface area contributed by atoms with E-state index in [9.17, 15) is 0 Å². The van der Waals surface area contributed by atoms with Crippen molar-refractivity contribution in [1.82, 2.24) is 19.1 Å². The minimum Gasteiger partial charge on any atom is -0.327 e. The van der Waals surface area contributed by atoms with Gasteiger partial charge in [-0.2, -0.15) is 0 Å². The maximum absolute atomic E-state index is 5.20. The minimum atomic E-state index is 0.928. The number of rotatable bonds is 6. The van der Waals surface area contributed by atoms with Crippen LogP contribution < -0.4 is 0 Å². The van der Waals surface area contributed by atoms with E-state index in [0.29, 0.717) is 0 Å². The molecule has 3 aromatic heterocycles. The predicted molar refractivity (Wildman–Crippen MR) is 220 cm³/mol. The number of imidazole rings is 1. The second-order valence-electron chi connectivity index (χ2n) is 13.5. The Morgan fingerprint density at radius 2 is 1.09 bits per heavy atom. The van der Waals surface area contributed by atoms with Gasteiger partial charge in [-0.3, -0.25) is 4.98 Å². The molecule has 0 aliphatic carbocycles. The minimum absolute atomic E-state index is 0.928. The van der Waals surface area contributed by atoms with Crippen molar-refractivity contribution in [3.8, 4) is 61.7 Å². The Balaban J connectivity index is 1.37. The average molecular weight is 679 g/mol. The number of para-hydroxylation sites is 2. The maximum Gasteiger partial charge on any atom is 0.140 e.